The first-order chi connectivity index (χ1) is 20.2. The van der Waals surface area contributed by atoms with Crippen LogP contribution in [-0.4, -0.2) is 69.6 Å². The van der Waals surface area contributed by atoms with E-state index in [1.54, 1.807) is 33.7 Å². The maximum absolute atomic E-state index is 15.0. The van der Waals surface area contributed by atoms with E-state index in [2.05, 4.69) is 20.1 Å². The molecule has 0 aromatic heterocycles. The molecule has 8 heteroatoms. The molecule has 1 spiro atoms. The van der Waals surface area contributed by atoms with Crippen LogP contribution in [0, 0.1) is 23.7 Å². The lowest BCUT2D eigenvalue weighted by atomic mass is 9.66. The van der Waals surface area contributed by atoms with Gasteiger partial charge in [0.1, 0.15) is 6.04 Å². The molecule has 5 rings (SSSR count). The maximum atomic E-state index is 15.0. The molecule has 3 aliphatic heterocycles. The molecule has 2 aromatic rings. The van der Waals surface area contributed by atoms with Crippen molar-refractivity contribution in [1.82, 2.24) is 4.90 Å². The Morgan fingerprint density at radius 2 is 1.95 bits per heavy atom. The molecule has 3 fully saturated rings. The first-order valence-corrected chi connectivity index (χ1v) is 15.9. The van der Waals surface area contributed by atoms with E-state index in [0.29, 0.717) is 6.42 Å². The number of benzene rings is 2. The third kappa shape index (κ3) is 4.77. The molecule has 2 amide bonds. The molecule has 0 aliphatic carbocycles. The number of esters is 1. The number of amides is 2. The molecule has 7 nitrogen and oxygen atoms in total. The second kappa shape index (κ2) is 12.3. The standard InChI is InChI=1S/C34H42N2O5S/c1-6-9-17-41-33(40)28-27-18-22(5)34(42-27)29(28)31(38)36(26(20-37)21(4)8-3)30(34)32(39)35(16-7-2)25-15-14-23-12-10-11-13-24(23)19-25/h6-7,10-15,19,21-22,26-30,37H,1-2,8-9,16-18,20H2,3-5H3/t21-,22?,26-,27-,28+,29-,30?,34?/m0/s1. The van der Waals surface area contributed by atoms with Gasteiger partial charge in [0.05, 0.1) is 35.8 Å². The van der Waals surface area contributed by atoms with Crippen LogP contribution in [0.2, 0.25) is 0 Å². The summed E-state index contributed by atoms with van der Waals surface area (Å²) >= 11 is 1.62. The van der Waals surface area contributed by atoms with Gasteiger partial charge >= 0.3 is 5.97 Å². The van der Waals surface area contributed by atoms with Gasteiger partial charge in [0.15, 0.2) is 0 Å². The van der Waals surface area contributed by atoms with Crippen LogP contribution in [0.15, 0.2) is 67.8 Å². The summed E-state index contributed by atoms with van der Waals surface area (Å²) in [6, 6.07) is 12.5. The number of ether oxygens (including phenoxy) is 1. The van der Waals surface area contributed by atoms with Crippen molar-refractivity contribution < 1.29 is 24.2 Å². The number of thioether (sulfide) groups is 1. The second-order valence-corrected chi connectivity index (χ2v) is 13.5. The molecular formula is C34H42N2O5S. The van der Waals surface area contributed by atoms with E-state index in [0.717, 1.165) is 29.3 Å². The molecule has 224 valence electrons. The number of aliphatic hydroxyl groups is 1. The van der Waals surface area contributed by atoms with Crippen LogP contribution in [-0.2, 0) is 19.1 Å². The summed E-state index contributed by atoms with van der Waals surface area (Å²) in [4.78, 5) is 46.4. The first-order valence-electron chi connectivity index (χ1n) is 15.0. The van der Waals surface area contributed by atoms with E-state index in [1.807, 2.05) is 56.3 Å². The Morgan fingerprint density at radius 1 is 1.21 bits per heavy atom. The van der Waals surface area contributed by atoms with Gasteiger partial charge in [-0.15, -0.1) is 24.9 Å². The summed E-state index contributed by atoms with van der Waals surface area (Å²) in [5.41, 5.74) is 0.723. The minimum atomic E-state index is -0.844. The van der Waals surface area contributed by atoms with E-state index < -0.39 is 28.7 Å². The van der Waals surface area contributed by atoms with E-state index in [1.165, 1.54) is 0 Å². The Bertz CT molecular complexity index is 1380. The highest BCUT2D eigenvalue weighted by molar-refractivity contribution is 8.02. The van der Waals surface area contributed by atoms with Gasteiger partial charge < -0.3 is 19.6 Å². The number of likely N-dealkylation sites (tertiary alicyclic amines) is 1. The predicted molar refractivity (Wildman–Crippen MR) is 168 cm³/mol. The summed E-state index contributed by atoms with van der Waals surface area (Å²) < 4.78 is 4.83. The van der Waals surface area contributed by atoms with Gasteiger partial charge in [-0.3, -0.25) is 14.4 Å². The largest absolute Gasteiger partial charge is 0.465 e. The van der Waals surface area contributed by atoms with Crippen molar-refractivity contribution >= 4 is 46.0 Å². The molecule has 42 heavy (non-hydrogen) atoms. The average molecular weight is 591 g/mol. The zero-order valence-corrected chi connectivity index (χ0v) is 25.6. The molecule has 3 heterocycles. The van der Waals surface area contributed by atoms with Crippen LogP contribution in [0.25, 0.3) is 10.8 Å². The molecule has 1 N–H and O–H groups in total. The lowest BCUT2D eigenvalue weighted by Gasteiger charge is -2.43. The fourth-order valence-corrected chi connectivity index (χ4v) is 9.85. The number of carbonyl (C=O) groups excluding carboxylic acids is 3. The summed E-state index contributed by atoms with van der Waals surface area (Å²) in [5.74, 6) is -2.17. The van der Waals surface area contributed by atoms with Crippen LogP contribution < -0.4 is 4.90 Å². The number of fused-ring (bicyclic) bond motifs is 2. The van der Waals surface area contributed by atoms with Crippen molar-refractivity contribution in [3.05, 3.63) is 67.8 Å². The smallest absolute Gasteiger partial charge is 0.310 e. The van der Waals surface area contributed by atoms with Gasteiger partial charge in [-0.1, -0.05) is 69.7 Å². The summed E-state index contributed by atoms with van der Waals surface area (Å²) in [7, 11) is 0. The molecular weight excluding hydrogens is 548 g/mol. The van der Waals surface area contributed by atoms with Crippen molar-refractivity contribution in [2.24, 2.45) is 23.7 Å². The van der Waals surface area contributed by atoms with Crippen molar-refractivity contribution in [2.75, 3.05) is 24.7 Å². The number of rotatable bonds is 12. The summed E-state index contributed by atoms with van der Waals surface area (Å²) in [6.45, 7) is 14.0. The zero-order valence-electron chi connectivity index (χ0n) is 24.8. The van der Waals surface area contributed by atoms with E-state index in [4.69, 9.17) is 4.74 Å². The quantitative estimate of drug-likeness (QED) is 0.207. The third-order valence-electron chi connectivity index (χ3n) is 9.72. The number of anilines is 1. The molecule has 2 aromatic carbocycles. The fraction of sp³-hybridized carbons (Fsp3) is 0.500. The van der Waals surface area contributed by atoms with Gasteiger partial charge in [0, 0.05) is 17.5 Å². The predicted octanol–water partition coefficient (Wildman–Crippen LogP) is 5.22. The third-order valence-corrected chi connectivity index (χ3v) is 11.8. The van der Waals surface area contributed by atoms with Gasteiger partial charge in [0.25, 0.3) is 5.91 Å². The normalized spacial score (nSPS) is 29.3. The summed E-state index contributed by atoms with van der Waals surface area (Å²) in [5, 5.41) is 12.6. The van der Waals surface area contributed by atoms with E-state index in [9.17, 15) is 19.5 Å². The SMILES string of the molecule is C=CCCOC(=O)[C@@H]1[C@@H]2CC(C)C3(S2)C(C(=O)N(CC=C)c2ccc4ccccc4c2)N([C@@H](CO)[C@@H](C)CC)C(=O)[C@H]13. The topological polar surface area (TPSA) is 87.2 Å². The highest BCUT2D eigenvalue weighted by Crippen LogP contribution is 2.69. The van der Waals surface area contributed by atoms with Gasteiger partial charge in [-0.2, -0.15) is 0 Å². The van der Waals surface area contributed by atoms with Gasteiger partial charge in [-0.05, 0) is 47.6 Å². The van der Waals surface area contributed by atoms with Crippen LogP contribution in [0.1, 0.15) is 40.0 Å². The number of hydrogen-bond acceptors (Lipinski definition) is 6. The average Bonchev–Trinajstić information content (AvgIpc) is 3.59. The Morgan fingerprint density at radius 3 is 2.62 bits per heavy atom. The molecule has 3 saturated heterocycles. The number of aliphatic hydroxyl groups excluding tert-OH is 1. The van der Waals surface area contributed by atoms with Crippen molar-refractivity contribution in [3.63, 3.8) is 0 Å². The Kier molecular flexibility index (Phi) is 8.86. The maximum Gasteiger partial charge on any atom is 0.310 e. The number of carbonyl (C=O) groups is 3. The highest BCUT2D eigenvalue weighted by Gasteiger charge is 2.77. The summed E-state index contributed by atoms with van der Waals surface area (Å²) in [6.07, 6.45) is 5.38. The van der Waals surface area contributed by atoms with Crippen LogP contribution in [0.5, 0.6) is 0 Å². The first kappa shape index (κ1) is 30.4. The lowest BCUT2D eigenvalue weighted by Crippen LogP contribution is -2.60. The zero-order chi connectivity index (χ0) is 30.2. The van der Waals surface area contributed by atoms with Gasteiger partial charge in [0.2, 0.25) is 5.91 Å². The van der Waals surface area contributed by atoms with Crippen molar-refractivity contribution in [1.29, 1.82) is 0 Å². The molecule has 8 atom stereocenters. The van der Waals surface area contributed by atoms with Gasteiger partial charge in [-0.25, -0.2) is 0 Å². The van der Waals surface area contributed by atoms with Crippen molar-refractivity contribution in [2.45, 2.75) is 62.1 Å². The van der Waals surface area contributed by atoms with Crippen LogP contribution >= 0.6 is 11.8 Å². The van der Waals surface area contributed by atoms with Crippen LogP contribution in [0.4, 0.5) is 5.69 Å². The molecule has 2 bridgehead atoms. The highest BCUT2D eigenvalue weighted by atomic mass is 32.2. The number of nitrogens with zero attached hydrogens (tertiary/aromatic N) is 2. The Balaban J connectivity index is 1.62. The number of hydrogen-bond donors (Lipinski definition) is 1. The molecule has 0 radical (unpaired) electrons. The van der Waals surface area contributed by atoms with E-state index >= 15 is 0 Å². The lowest BCUT2D eigenvalue weighted by molar-refractivity contribution is -0.155. The second-order valence-electron chi connectivity index (χ2n) is 11.9. The molecule has 3 unspecified atom stereocenters. The molecule has 0 saturated carbocycles. The fourth-order valence-electron chi connectivity index (χ4n) is 7.46. The molecule has 3 aliphatic rings. The Hall–Kier alpha value is -3.10. The minimum absolute atomic E-state index is 0.0103. The van der Waals surface area contributed by atoms with Crippen LogP contribution in [0.3, 0.4) is 0 Å². The monoisotopic (exact) mass is 590 g/mol. The Labute approximate surface area is 253 Å². The van der Waals surface area contributed by atoms with E-state index in [-0.39, 0.29) is 54.6 Å². The van der Waals surface area contributed by atoms with Crippen molar-refractivity contribution in [3.8, 4) is 0 Å². The minimum Gasteiger partial charge on any atom is -0.465 e.